The van der Waals surface area contributed by atoms with Crippen molar-refractivity contribution in [3.05, 3.63) is 71.7 Å². The van der Waals surface area contributed by atoms with Crippen LogP contribution in [0.2, 0.25) is 0 Å². The predicted molar refractivity (Wildman–Crippen MR) is 126 cm³/mol. The van der Waals surface area contributed by atoms with Crippen molar-refractivity contribution in [2.75, 3.05) is 25.2 Å². The highest BCUT2D eigenvalue weighted by atomic mass is 32.2. The predicted octanol–water partition coefficient (Wildman–Crippen LogP) is 4.77. The summed E-state index contributed by atoms with van der Waals surface area (Å²) < 4.78 is 18.7. The Morgan fingerprint density at radius 2 is 1.88 bits per heavy atom. The second kappa shape index (κ2) is 9.41. The van der Waals surface area contributed by atoms with Gasteiger partial charge in [-0.15, -0.1) is 11.8 Å². The number of carbonyl (C=O) groups is 2. The number of nitrogens with one attached hydrogen (secondary N) is 1. The number of aryl methyl sites for hydroxylation is 1. The molecule has 0 saturated carbocycles. The molecule has 0 fully saturated rings. The highest BCUT2D eigenvalue weighted by molar-refractivity contribution is 7.98. The SMILES string of the molecule is CSc1ccccc1NC(=O)CN(C)C(=O)c1cc(-c2ccc(F)cc2)nc2onc(C)c12. The topological polar surface area (TPSA) is 88.3 Å². The zero-order valence-electron chi connectivity index (χ0n) is 18.3. The minimum absolute atomic E-state index is 0.151. The van der Waals surface area contributed by atoms with Crippen molar-refractivity contribution in [3.63, 3.8) is 0 Å². The van der Waals surface area contributed by atoms with Crippen molar-refractivity contribution in [2.24, 2.45) is 0 Å². The van der Waals surface area contributed by atoms with E-state index < -0.39 is 0 Å². The highest BCUT2D eigenvalue weighted by Gasteiger charge is 2.23. The number of aromatic nitrogens is 2. The lowest BCUT2D eigenvalue weighted by molar-refractivity contribution is -0.116. The van der Waals surface area contributed by atoms with Gasteiger partial charge in [-0.25, -0.2) is 9.37 Å². The van der Waals surface area contributed by atoms with Gasteiger partial charge in [0.15, 0.2) is 0 Å². The summed E-state index contributed by atoms with van der Waals surface area (Å²) in [5.74, 6) is -1.08. The number of nitrogens with zero attached hydrogens (tertiary/aromatic N) is 3. The maximum absolute atomic E-state index is 13.3. The Kier molecular flexibility index (Phi) is 6.41. The number of hydrogen-bond donors (Lipinski definition) is 1. The van der Waals surface area contributed by atoms with Crippen molar-refractivity contribution >= 4 is 40.4 Å². The molecule has 0 unspecified atom stereocenters. The van der Waals surface area contributed by atoms with Crippen LogP contribution in [0.3, 0.4) is 0 Å². The lowest BCUT2D eigenvalue weighted by atomic mass is 10.0. The van der Waals surface area contributed by atoms with Gasteiger partial charge in [0.25, 0.3) is 11.6 Å². The number of halogens is 1. The molecule has 0 aliphatic heterocycles. The minimum Gasteiger partial charge on any atom is -0.335 e. The number of amides is 2. The fourth-order valence-corrected chi connectivity index (χ4v) is 4.02. The summed E-state index contributed by atoms with van der Waals surface area (Å²) in [7, 11) is 1.55. The number of anilines is 1. The summed E-state index contributed by atoms with van der Waals surface area (Å²) in [6.45, 7) is 1.56. The molecule has 168 valence electrons. The second-order valence-corrected chi connectivity index (χ2v) is 8.27. The van der Waals surface area contributed by atoms with Gasteiger partial charge in [-0.05, 0) is 55.6 Å². The molecule has 33 heavy (non-hydrogen) atoms. The molecular weight excluding hydrogens is 443 g/mol. The standard InChI is InChI=1S/C24H21FN4O3S/c1-14-22-17(12-19(27-23(22)32-28-14)15-8-10-16(25)11-9-15)24(31)29(2)13-21(30)26-18-6-4-5-7-20(18)33-3/h4-12H,13H2,1-3H3,(H,26,30). The number of pyridine rings is 1. The molecule has 2 aromatic heterocycles. The lowest BCUT2D eigenvalue weighted by Crippen LogP contribution is -2.35. The van der Waals surface area contributed by atoms with E-state index in [-0.39, 0.29) is 29.9 Å². The number of para-hydroxylation sites is 1. The summed E-state index contributed by atoms with van der Waals surface area (Å²) in [6, 6.07) is 14.8. The first kappa shape index (κ1) is 22.5. The first-order valence-corrected chi connectivity index (χ1v) is 11.3. The van der Waals surface area contributed by atoms with Crippen LogP contribution in [0.5, 0.6) is 0 Å². The number of fused-ring (bicyclic) bond motifs is 1. The smallest absolute Gasteiger partial charge is 0.259 e. The molecular formula is C24H21FN4O3S. The third-order valence-electron chi connectivity index (χ3n) is 5.10. The molecule has 9 heteroatoms. The highest BCUT2D eigenvalue weighted by Crippen LogP contribution is 2.28. The van der Waals surface area contributed by atoms with E-state index in [1.54, 1.807) is 32.2 Å². The number of likely N-dealkylation sites (N-methyl/N-ethyl adjacent to an activating group) is 1. The molecule has 0 spiro atoms. The number of thioether (sulfide) groups is 1. The van der Waals surface area contributed by atoms with Gasteiger partial charge >= 0.3 is 0 Å². The van der Waals surface area contributed by atoms with Gasteiger partial charge in [-0.3, -0.25) is 9.59 Å². The number of carbonyl (C=O) groups excluding carboxylic acids is 2. The summed E-state index contributed by atoms with van der Waals surface area (Å²) >= 11 is 1.52. The van der Waals surface area contributed by atoms with E-state index in [4.69, 9.17) is 4.52 Å². The van der Waals surface area contributed by atoms with Gasteiger partial charge in [0.2, 0.25) is 5.91 Å². The summed E-state index contributed by atoms with van der Waals surface area (Å²) in [5.41, 5.74) is 2.76. The Morgan fingerprint density at radius 1 is 1.15 bits per heavy atom. The average Bonchev–Trinajstić information content (AvgIpc) is 3.19. The van der Waals surface area contributed by atoms with Crippen LogP contribution in [0.1, 0.15) is 16.1 Å². The lowest BCUT2D eigenvalue weighted by Gasteiger charge is -2.18. The van der Waals surface area contributed by atoms with E-state index in [0.717, 1.165) is 4.90 Å². The van der Waals surface area contributed by atoms with Gasteiger partial charge < -0.3 is 14.7 Å². The molecule has 7 nitrogen and oxygen atoms in total. The van der Waals surface area contributed by atoms with Crippen molar-refractivity contribution in [3.8, 4) is 11.3 Å². The van der Waals surface area contributed by atoms with Gasteiger partial charge in [0.05, 0.1) is 34.6 Å². The van der Waals surface area contributed by atoms with Crippen molar-refractivity contribution in [1.82, 2.24) is 15.0 Å². The first-order valence-electron chi connectivity index (χ1n) is 10.1. The molecule has 4 aromatic rings. The number of hydrogen-bond acceptors (Lipinski definition) is 6. The van der Waals surface area contributed by atoms with E-state index in [0.29, 0.717) is 33.6 Å². The monoisotopic (exact) mass is 464 g/mol. The molecule has 4 rings (SSSR count). The van der Waals surface area contributed by atoms with Crippen LogP contribution in [-0.4, -0.2) is 46.7 Å². The van der Waals surface area contributed by atoms with E-state index in [1.807, 2.05) is 30.5 Å². The molecule has 2 aromatic carbocycles. The molecule has 2 amide bonds. The normalized spacial score (nSPS) is 10.9. The maximum Gasteiger partial charge on any atom is 0.259 e. The van der Waals surface area contributed by atoms with Gasteiger partial charge in [-0.2, -0.15) is 0 Å². The maximum atomic E-state index is 13.3. The van der Waals surface area contributed by atoms with Crippen LogP contribution >= 0.6 is 11.8 Å². The van der Waals surface area contributed by atoms with Crippen molar-refractivity contribution in [2.45, 2.75) is 11.8 Å². The van der Waals surface area contributed by atoms with Crippen LogP contribution in [0.4, 0.5) is 10.1 Å². The quantitative estimate of drug-likeness (QED) is 0.414. The zero-order valence-corrected chi connectivity index (χ0v) is 19.1. The Bertz CT molecular complexity index is 1340. The first-order chi connectivity index (χ1) is 15.9. The van der Waals surface area contributed by atoms with Gasteiger partial charge in [-0.1, -0.05) is 17.3 Å². The summed E-state index contributed by atoms with van der Waals surface area (Å²) in [6.07, 6.45) is 1.93. The molecule has 0 aliphatic rings. The summed E-state index contributed by atoms with van der Waals surface area (Å²) in [4.78, 5) is 32.7. The Hall–Kier alpha value is -3.72. The van der Waals surface area contributed by atoms with Crippen molar-refractivity contribution < 1.29 is 18.5 Å². The fourth-order valence-electron chi connectivity index (χ4n) is 3.46. The van der Waals surface area contributed by atoms with E-state index >= 15 is 0 Å². The van der Waals surface area contributed by atoms with Gasteiger partial charge in [0, 0.05) is 17.5 Å². The number of rotatable bonds is 6. The molecule has 0 radical (unpaired) electrons. The van der Waals surface area contributed by atoms with E-state index in [2.05, 4.69) is 15.5 Å². The molecule has 1 N–H and O–H groups in total. The fraction of sp³-hybridized carbons (Fsp3) is 0.167. The van der Waals surface area contributed by atoms with Crippen LogP contribution in [0.25, 0.3) is 22.4 Å². The van der Waals surface area contributed by atoms with Crippen LogP contribution in [-0.2, 0) is 4.79 Å². The van der Waals surface area contributed by atoms with Gasteiger partial charge in [0.1, 0.15) is 5.82 Å². The Labute approximate surface area is 194 Å². The Balaban J connectivity index is 1.62. The van der Waals surface area contributed by atoms with E-state index in [9.17, 15) is 14.0 Å². The van der Waals surface area contributed by atoms with Crippen LogP contribution in [0, 0.1) is 12.7 Å². The summed E-state index contributed by atoms with van der Waals surface area (Å²) in [5, 5.41) is 7.26. The molecule has 0 aliphatic carbocycles. The zero-order chi connectivity index (χ0) is 23.5. The van der Waals surface area contributed by atoms with Crippen LogP contribution in [0.15, 0.2) is 64.0 Å². The molecule has 0 saturated heterocycles. The molecule has 0 bridgehead atoms. The largest absolute Gasteiger partial charge is 0.335 e. The number of benzene rings is 2. The average molecular weight is 465 g/mol. The Morgan fingerprint density at radius 3 is 2.61 bits per heavy atom. The molecule has 2 heterocycles. The molecule has 0 atom stereocenters. The van der Waals surface area contributed by atoms with E-state index in [1.165, 1.54) is 28.8 Å². The minimum atomic E-state index is -0.384. The second-order valence-electron chi connectivity index (χ2n) is 7.42. The van der Waals surface area contributed by atoms with Crippen LogP contribution < -0.4 is 5.32 Å². The third-order valence-corrected chi connectivity index (χ3v) is 5.89. The van der Waals surface area contributed by atoms with Crippen molar-refractivity contribution in [1.29, 1.82) is 0 Å². The third kappa shape index (κ3) is 4.73.